The van der Waals surface area contributed by atoms with Crippen LogP contribution in [0.15, 0.2) is 23.2 Å². The summed E-state index contributed by atoms with van der Waals surface area (Å²) in [6, 6.07) is 9.68. The monoisotopic (exact) mass is 340 g/mol. The van der Waals surface area contributed by atoms with E-state index in [-0.39, 0.29) is 19.0 Å². The molecule has 2 heterocycles. The molecule has 0 aromatic heterocycles. The standard InChI is InChI=1S/C17H16N4O4/c1-22-10-3-4-11(12(7-10)23-2)13-15(8-18)14(20)21-17(16(13,15)9-19)24-5-6-25-17/h3-4,7,13H,5-6H2,1-2H3,(H2,20,21)/t13-,15-,16+/m1/s1. The Morgan fingerprint density at radius 3 is 2.48 bits per heavy atom. The molecular formula is C17H16N4O4. The molecule has 3 aliphatic rings. The number of fused-ring (bicyclic) bond motifs is 2. The molecule has 3 atom stereocenters. The van der Waals surface area contributed by atoms with Crippen molar-refractivity contribution in [2.45, 2.75) is 11.8 Å². The first kappa shape index (κ1) is 15.7. The number of nitriles is 2. The third kappa shape index (κ3) is 1.50. The lowest BCUT2D eigenvalue weighted by Crippen LogP contribution is -2.38. The molecule has 8 nitrogen and oxygen atoms in total. The van der Waals surface area contributed by atoms with Gasteiger partial charge in [-0.3, -0.25) is 0 Å². The Balaban J connectivity index is 1.92. The van der Waals surface area contributed by atoms with Crippen molar-refractivity contribution in [3.8, 4) is 23.6 Å². The molecule has 1 aromatic carbocycles. The van der Waals surface area contributed by atoms with Crippen molar-refractivity contribution >= 4 is 5.84 Å². The lowest BCUT2D eigenvalue weighted by Gasteiger charge is -2.26. The molecule has 8 heteroatoms. The minimum Gasteiger partial charge on any atom is -0.497 e. The van der Waals surface area contributed by atoms with Crippen LogP contribution in [0.2, 0.25) is 0 Å². The van der Waals surface area contributed by atoms with Crippen molar-refractivity contribution < 1.29 is 18.9 Å². The van der Waals surface area contributed by atoms with Crippen LogP contribution in [0.4, 0.5) is 0 Å². The molecule has 2 fully saturated rings. The Bertz CT molecular complexity index is 864. The average Bonchev–Trinajstić information content (AvgIpc) is 2.88. The number of ether oxygens (including phenoxy) is 4. The van der Waals surface area contributed by atoms with Gasteiger partial charge in [0.25, 0.3) is 5.91 Å². The summed E-state index contributed by atoms with van der Waals surface area (Å²) in [5, 5.41) is 20.0. The summed E-state index contributed by atoms with van der Waals surface area (Å²) in [5.41, 5.74) is 4.11. The molecule has 128 valence electrons. The van der Waals surface area contributed by atoms with E-state index in [4.69, 9.17) is 24.7 Å². The fraction of sp³-hybridized carbons (Fsp3) is 0.471. The lowest BCUT2D eigenvalue weighted by molar-refractivity contribution is -0.184. The van der Waals surface area contributed by atoms with Crippen LogP contribution in [0, 0.1) is 33.5 Å². The first-order valence-corrected chi connectivity index (χ1v) is 7.75. The molecule has 0 amide bonds. The number of benzene rings is 1. The Kier molecular flexibility index (Phi) is 3.05. The van der Waals surface area contributed by atoms with Gasteiger partial charge in [0.1, 0.15) is 22.7 Å². The van der Waals surface area contributed by atoms with Gasteiger partial charge in [0.15, 0.2) is 5.41 Å². The van der Waals surface area contributed by atoms with E-state index in [1.807, 2.05) is 0 Å². The second kappa shape index (κ2) is 4.85. The van der Waals surface area contributed by atoms with Crippen molar-refractivity contribution in [2.24, 2.45) is 21.6 Å². The highest BCUT2D eigenvalue weighted by Gasteiger charge is 2.94. The van der Waals surface area contributed by atoms with Crippen molar-refractivity contribution in [1.29, 1.82) is 10.5 Å². The number of hydrogen-bond donors (Lipinski definition) is 1. The summed E-state index contributed by atoms with van der Waals surface area (Å²) in [5.74, 6) is -0.957. The minimum absolute atomic E-state index is 0.0568. The van der Waals surface area contributed by atoms with Gasteiger partial charge in [-0.05, 0) is 6.07 Å². The average molecular weight is 340 g/mol. The number of rotatable bonds is 3. The quantitative estimate of drug-likeness (QED) is 0.866. The molecule has 0 unspecified atom stereocenters. The third-order valence-electron chi connectivity index (χ3n) is 5.36. The van der Waals surface area contributed by atoms with Crippen LogP contribution in [0.25, 0.3) is 0 Å². The van der Waals surface area contributed by atoms with Crippen molar-refractivity contribution in [3.05, 3.63) is 23.8 Å². The Morgan fingerprint density at radius 1 is 1.20 bits per heavy atom. The van der Waals surface area contributed by atoms with E-state index >= 15 is 0 Å². The molecule has 1 aromatic rings. The fourth-order valence-electron chi connectivity index (χ4n) is 4.24. The van der Waals surface area contributed by atoms with Gasteiger partial charge in [0.2, 0.25) is 0 Å². The number of methoxy groups -OCH3 is 2. The molecule has 0 bridgehead atoms. The Labute approximate surface area is 144 Å². The maximum absolute atomic E-state index is 10.0. The smallest absolute Gasteiger partial charge is 0.293 e. The first-order chi connectivity index (χ1) is 12.1. The zero-order chi connectivity index (χ0) is 17.9. The third-order valence-corrected chi connectivity index (χ3v) is 5.36. The largest absolute Gasteiger partial charge is 0.497 e. The molecule has 2 N–H and O–H groups in total. The zero-order valence-corrected chi connectivity index (χ0v) is 13.8. The fourth-order valence-corrected chi connectivity index (χ4v) is 4.24. The van der Waals surface area contributed by atoms with E-state index in [0.29, 0.717) is 17.1 Å². The van der Waals surface area contributed by atoms with Gasteiger partial charge < -0.3 is 24.7 Å². The van der Waals surface area contributed by atoms with Crippen LogP contribution in [0.1, 0.15) is 11.5 Å². The lowest BCUT2D eigenvalue weighted by atomic mass is 9.93. The van der Waals surface area contributed by atoms with Gasteiger partial charge in [-0.1, -0.05) is 6.07 Å². The van der Waals surface area contributed by atoms with Crippen LogP contribution in [-0.4, -0.2) is 39.2 Å². The predicted molar refractivity (Wildman–Crippen MR) is 84.6 cm³/mol. The molecule has 0 radical (unpaired) electrons. The second-order valence-electron chi connectivity index (χ2n) is 6.16. The highest BCUT2D eigenvalue weighted by Crippen LogP contribution is 2.83. The summed E-state index contributed by atoms with van der Waals surface area (Å²) < 4.78 is 22.1. The summed E-state index contributed by atoms with van der Waals surface area (Å²) in [7, 11) is 3.07. The number of nitrogens with zero attached hydrogens (tertiary/aromatic N) is 3. The molecule has 1 spiro atoms. The molecule has 1 aliphatic carbocycles. The van der Waals surface area contributed by atoms with Gasteiger partial charge in [-0.25, -0.2) is 4.99 Å². The predicted octanol–water partition coefficient (Wildman–Crippen LogP) is 0.892. The van der Waals surface area contributed by atoms with Crippen molar-refractivity contribution in [3.63, 3.8) is 0 Å². The molecule has 2 aliphatic heterocycles. The number of amidine groups is 1. The normalized spacial score (nSPS) is 33.9. The Hall–Kier alpha value is -2.81. The van der Waals surface area contributed by atoms with Crippen LogP contribution >= 0.6 is 0 Å². The van der Waals surface area contributed by atoms with Crippen molar-refractivity contribution in [1.82, 2.24) is 0 Å². The van der Waals surface area contributed by atoms with Crippen molar-refractivity contribution in [2.75, 3.05) is 27.4 Å². The van der Waals surface area contributed by atoms with Gasteiger partial charge in [0, 0.05) is 17.5 Å². The van der Waals surface area contributed by atoms with Gasteiger partial charge >= 0.3 is 0 Å². The molecule has 25 heavy (non-hydrogen) atoms. The second-order valence-corrected chi connectivity index (χ2v) is 6.16. The van der Waals surface area contributed by atoms with Crippen LogP contribution in [0.3, 0.4) is 0 Å². The minimum atomic E-state index is -1.54. The summed E-state index contributed by atoms with van der Waals surface area (Å²) in [6.45, 7) is 0.572. The van der Waals surface area contributed by atoms with E-state index < -0.39 is 22.7 Å². The van der Waals surface area contributed by atoms with Gasteiger partial charge in [0.05, 0.1) is 39.6 Å². The van der Waals surface area contributed by atoms with Crippen LogP contribution < -0.4 is 15.2 Å². The van der Waals surface area contributed by atoms with E-state index in [1.54, 1.807) is 25.3 Å². The van der Waals surface area contributed by atoms with Gasteiger partial charge in [-0.2, -0.15) is 10.5 Å². The maximum Gasteiger partial charge on any atom is 0.293 e. The SMILES string of the molecule is COc1ccc([C@@H]2[C@]3(C#N)C(N)=NC4(OCCO4)[C@@]23C#N)c(OC)c1. The van der Waals surface area contributed by atoms with Crippen LogP contribution in [-0.2, 0) is 9.47 Å². The number of aliphatic imine (C=N–C) groups is 1. The van der Waals surface area contributed by atoms with E-state index in [0.717, 1.165) is 0 Å². The zero-order valence-electron chi connectivity index (χ0n) is 13.8. The summed E-state index contributed by atoms with van der Waals surface area (Å²) >= 11 is 0. The van der Waals surface area contributed by atoms with E-state index in [2.05, 4.69) is 17.1 Å². The molecule has 1 saturated heterocycles. The van der Waals surface area contributed by atoms with E-state index in [9.17, 15) is 10.5 Å². The number of hydrogen-bond acceptors (Lipinski definition) is 8. The molecular weight excluding hydrogens is 324 g/mol. The maximum atomic E-state index is 10.0. The topological polar surface area (TPSA) is 123 Å². The molecule has 1 saturated carbocycles. The summed E-state index contributed by atoms with van der Waals surface area (Å²) in [6.07, 6.45) is 0. The Morgan fingerprint density at radius 2 is 1.92 bits per heavy atom. The number of nitrogens with two attached hydrogens (primary N) is 1. The summed E-state index contributed by atoms with van der Waals surface area (Å²) in [4.78, 5) is 4.24. The van der Waals surface area contributed by atoms with Crippen LogP contribution in [0.5, 0.6) is 11.5 Å². The highest BCUT2D eigenvalue weighted by molar-refractivity contribution is 6.00. The first-order valence-electron chi connectivity index (χ1n) is 7.75. The van der Waals surface area contributed by atoms with Gasteiger partial charge in [-0.15, -0.1) is 0 Å². The highest BCUT2D eigenvalue weighted by atomic mass is 16.8. The molecule has 4 rings (SSSR count). The van der Waals surface area contributed by atoms with E-state index in [1.165, 1.54) is 7.11 Å².